The number of imidazole rings is 1. The molecule has 1 atom stereocenters. The van der Waals surface area contributed by atoms with Gasteiger partial charge in [0.05, 0.1) is 19.6 Å². The van der Waals surface area contributed by atoms with E-state index in [2.05, 4.69) is 4.98 Å². The average Bonchev–Trinajstić information content (AvgIpc) is 2.80. The van der Waals surface area contributed by atoms with Gasteiger partial charge in [0.25, 0.3) is 0 Å². The number of nitrogens with zero attached hydrogens (tertiary/aromatic N) is 2. The van der Waals surface area contributed by atoms with Crippen molar-refractivity contribution in [2.75, 3.05) is 13.7 Å². The van der Waals surface area contributed by atoms with Gasteiger partial charge in [0.15, 0.2) is 5.69 Å². The fraction of sp³-hybridized carbons (Fsp3) is 0.583. The van der Waals surface area contributed by atoms with Crippen LogP contribution >= 0.6 is 0 Å². The van der Waals surface area contributed by atoms with E-state index in [4.69, 9.17) is 9.47 Å². The molecule has 0 fully saturated rings. The number of carbonyl (C=O) groups is 2. The second-order valence-electron chi connectivity index (χ2n) is 4.17. The van der Waals surface area contributed by atoms with Gasteiger partial charge in [-0.05, 0) is 13.3 Å². The SMILES string of the molecule is CCOC(=O)c1cn2c(n1)C[C@H](C(=O)OC)CC2. The highest BCUT2D eigenvalue weighted by atomic mass is 16.5. The van der Waals surface area contributed by atoms with E-state index in [9.17, 15) is 9.59 Å². The zero-order chi connectivity index (χ0) is 13.1. The first-order valence-electron chi connectivity index (χ1n) is 5.96. The van der Waals surface area contributed by atoms with Crippen LogP contribution in [0.5, 0.6) is 0 Å². The van der Waals surface area contributed by atoms with E-state index in [0.717, 1.165) is 5.82 Å². The summed E-state index contributed by atoms with van der Waals surface area (Å²) in [7, 11) is 1.38. The monoisotopic (exact) mass is 252 g/mol. The molecule has 0 N–H and O–H groups in total. The van der Waals surface area contributed by atoms with Crippen LogP contribution in [-0.2, 0) is 27.2 Å². The first-order chi connectivity index (χ1) is 8.65. The molecular formula is C12H16N2O4. The number of rotatable bonds is 3. The van der Waals surface area contributed by atoms with Crippen molar-refractivity contribution in [2.24, 2.45) is 5.92 Å². The van der Waals surface area contributed by atoms with E-state index >= 15 is 0 Å². The molecule has 2 heterocycles. The highest BCUT2D eigenvalue weighted by Gasteiger charge is 2.28. The topological polar surface area (TPSA) is 70.4 Å². The van der Waals surface area contributed by atoms with Gasteiger partial charge in [0.2, 0.25) is 0 Å². The Morgan fingerprint density at radius 1 is 1.56 bits per heavy atom. The van der Waals surface area contributed by atoms with Crippen LogP contribution in [0.25, 0.3) is 0 Å². The number of esters is 2. The van der Waals surface area contributed by atoms with Crippen LogP contribution in [0.15, 0.2) is 6.20 Å². The van der Waals surface area contributed by atoms with E-state index in [1.807, 2.05) is 4.57 Å². The number of aryl methyl sites for hydroxylation is 1. The van der Waals surface area contributed by atoms with Gasteiger partial charge < -0.3 is 14.0 Å². The number of fused-ring (bicyclic) bond motifs is 1. The molecule has 1 aromatic rings. The molecule has 1 aliphatic heterocycles. The van der Waals surface area contributed by atoms with Gasteiger partial charge >= 0.3 is 11.9 Å². The Hall–Kier alpha value is -1.85. The third-order valence-corrected chi connectivity index (χ3v) is 3.03. The second kappa shape index (κ2) is 5.20. The lowest BCUT2D eigenvalue weighted by molar-refractivity contribution is -0.146. The first-order valence-corrected chi connectivity index (χ1v) is 5.96. The molecule has 6 heteroatoms. The van der Waals surface area contributed by atoms with Crippen molar-refractivity contribution in [1.29, 1.82) is 0 Å². The molecule has 1 aromatic heterocycles. The molecule has 98 valence electrons. The Bertz CT molecular complexity index is 467. The van der Waals surface area contributed by atoms with Crippen LogP contribution in [0.2, 0.25) is 0 Å². The minimum Gasteiger partial charge on any atom is -0.469 e. The Kier molecular flexibility index (Phi) is 3.64. The number of carbonyl (C=O) groups excluding carboxylic acids is 2. The van der Waals surface area contributed by atoms with Gasteiger partial charge in [-0.25, -0.2) is 9.78 Å². The Balaban J connectivity index is 2.13. The predicted molar refractivity (Wildman–Crippen MR) is 62.0 cm³/mol. The summed E-state index contributed by atoms with van der Waals surface area (Å²) in [6.07, 6.45) is 2.89. The molecule has 0 spiro atoms. The van der Waals surface area contributed by atoms with Crippen LogP contribution in [-0.4, -0.2) is 35.2 Å². The van der Waals surface area contributed by atoms with E-state index in [0.29, 0.717) is 31.7 Å². The highest BCUT2D eigenvalue weighted by Crippen LogP contribution is 2.21. The maximum absolute atomic E-state index is 11.5. The average molecular weight is 252 g/mol. The zero-order valence-electron chi connectivity index (χ0n) is 10.5. The molecule has 0 saturated heterocycles. The summed E-state index contributed by atoms with van der Waals surface area (Å²) in [5.41, 5.74) is 0.303. The zero-order valence-corrected chi connectivity index (χ0v) is 10.5. The number of hydrogen-bond donors (Lipinski definition) is 0. The molecule has 18 heavy (non-hydrogen) atoms. The quantitative estimate of drug-likeness (QED) is 0.744. The van der Waals surface area contributed by atoms with Crippen LogP contribution in [0.3, 0.4) is 0 Å². The summed E-state index contributed by atoms with van der Waals surface area (Å²) in [6, 6.07) is 0. The normalized spacial score (nSPS) is 18.0. The van der Waals surface area contributed by atoms with E-state index in [1.54, 1.807) is 13.1 Å². The maximum Gasteiger partial charge on any atom is 0.358 e. The molecule has 6 nitrogen and oxygen atoms in total. The molecule has 0 amide bonds. The van der Waals surface area contributed by atoms with Crippen molar-refractivity contribution in [1.82, 2.24) is 9.55 Å². The molecule has 0 unspecified atom stereocenters. The number of aromatic nitrogens is 2. The van der Waals surface area contributed by atoms with Crippen LogP contribution in [0.4, 0.5) is 0 Å². The summed E-state index contributed by atoms with van der Waals surface area (Å²) in [5.74, 6) is -0.0735. The van der Waals surface area contributed by atoms with Gasteiger partial charge in [-0.15, -0.1) is 0 Å². The van der Waals surface area contributed by atoms with Crippen LogP contribution < -0.4 is 0 Å². The molecule has 0 radical (unpaired) electrons. The Labute approximate surface area is 105 Å². The summed E-state index contributed by atoms with van der Waals surface area (Å²) >= 11 is 0. The van der Waals surface area contributed by atoms with Gasteiger partial charge in [-0.3, -0.25) is 4.79 Å². The lowest BCUT2D eigenvalue weighted by Crippen LogP contribution is -2.26. The smallest absolute Gasteiger partial charge is 0.358 e. The number of hydrogen-bond acceptors (Lipinski definition) is 5. The lowest BCUT2D eigenvalue weighted by atomic mass is 9.98. The Morgan fingerprint density at radius 3 is 3.00 bits per heavy atom. The fourth-order valence-corrected chi connectivity index (χ4v) is 2.10. The minimum absolute atomic E-state index is 0.167. The molecule has 0 saturated carbocycles. The van der Waals surface area contributed by atoms with Gasteiger partial charge in [-0.2, -0.15) is 0 Å². The fourth-order valence-electron chi connectivity index (χ4n) is 2.10. The number of ether oxygens (including phenoxy) is 2. The minimum atomic E-state index is -0.422. The molecular weight excluding hydrogens is 236 g/mol. The first kappa shape index (κ1) is 12.6. The van der Waals surface area contributed by atoms with E-state index in [-0.39, 0.29) is 11.9 Å². The molecule has 0 aromatic carbocycles. The third kappa shape index (κ3) is 2.37. The maximum atomic E-state index is 11.5. The summed E-state index contributed by atoms with van der Waals surface area (Å²) in [5, 5.41) is 0. The molecule has 0 aliphatic carbocycles. The van der Waals surface area contributed by atoms with Crippen molar-refractivity contribution in [3.63, 3.8) is 0 Å². The summed E-state index contributed by atoms with van der Waals surface area (Å²) < 4.78 is 11.5. The summed E-state index contributed by atoms with van der Waals surface area (Å²) in [4.78, 5) is 27.2. The molecule has 0 bridgehead atoms. The van der Waals surface area contributed by atoms with Crippen molar-refractivity contribution in [2.45, 2.75) is 26.3 Å². The van der Waals surface area contributed by atoms with Crippen LogP contribution in [0.1, 0.15) is 29.7 Å². The largest absolute Gasteiger partial charge is 0.469 e. The van der Waals surface area contributed by atoms with E-state index in [1.165, 1.54) is 7.11 Å². The Morgan fingerprint density at radius 2 is 2.33 bits per heavy atom. The van der Waals surface area contributed by atoms with Crippen molar-refractivity contribution in [3.8, 4) is 0 Å². The summed E-state index contributed by atoms with van der Waals surface area (Å²) in [6.45, 7) is 2.74. The predicted octanol–water partition coefficient (Wildman–Crippen LogP) is 0.795. The second-order valence-corrected chi connectivity index (χ2v) is 4.17. The standard InChI is InChI=1S/C12H16N2O4/c1-3-18-12(16)9-7-14-5-4-8(11(15)17-2)6-10(14)13-9/h7-8H,3-6H2,1-2H3/t8-/m1/s1. The third-order valence-electron chi connectivity index (χ3n) is 3.03. The van der Waals surface area contributed by atoms with Crippen molar-refractivity contribution in [3.05, 3.63) is 17.7 Å². The molecule has 2 rings (SSSR count). The van der Waals surface area contributed by atoms with Gasteiger partial charge in [0.1, 0.15) is 5.82 Å². The van der Waals surface area contributed by atoms with E-state index < -0.39 is 5.97 Å². The van der Waals surface area contributed by atoms with Gasteiger partial charge in [0, 0.05) is 19.2 Å². The van der Waals surface area contributed by atoms with Gasteiger partial charge in [-0.1, -0.05) is 0 Å². The number of methoxy groups -OCH3 is 1. The lowest BCUT2D eigenvalue weighted by Gasteiger charge is -2.20. The molecule has 1 aliphatic rings. The van der Waals surface area contributed by atoms with Crippen molar-refractivity contribution < 1.29 is 19.1 Å². The van der Waals surface area contributed by atoms with Crippen molar-refractivity contribution >= 4 is 11.9 Å². The highest BCUT2D eigenvalue weighted by molar-refractivity contribution is 5.87. The van der Waals surface area contributed by atoms with Crippen LogP contribution in [0, 0.1) is 5.92 Å².